The first-order valence-electron chi connectivity index (χ1n) is 22.5. The van der Waals surface area contributed by atoms with Gasteiger partial charge in [-0.2, -0.15) is 0 Å². The number of hydrogen-bond acceptors (Lipinski definition) is 4. The van der Waals surface area contributed by atoms with Gasteiger partial charge in [0.05, 0.1) is 11.4 Å². The first-order valence-corrected chi connectivity index (χ1v) is 22.5. The van der Waals surface area contributed by atoms with Gasteiger partial charge in [-0.1, -0.05) is 103 Å². The minimum absolute atomic E-state index is 0.0789. The molecule has 0 amide bonds. The Hall–Kier alpha value is -7.04. The van der Waals surface area contributed by atoms with Crippen LogP contribution in [0.3, 0.4) is 0 Å². The third kappa shape index (κ3) is 4.05. The minimum atomic E-state index is -0.0789. The largest absolute Gasteiger partial charge is 0.456 e. The molecule has 0 aliphatic heterocycles. The van der Waals surface area contributed by atoms with E-state index < -0.39 is 0 Å². The molecule has 2 spiro atoms. The lowest BCUT2D eigenvalue weighted by molar-refractivity contribution is -0.231. The molecule has 0 N–H and O–H groups in total. The van der Waals surface area contributed by atoms with Crippen LogP contribution < -0.4 is 9.80 Å². The molecule has 4 saturated carbocycles. The van der Waals surface area contributed by atoms with E-state index in [1.807, 2.05) is 0 Å². The van der Waals surface area contributed by atoms with Gasteiger partial charge in [0.2, 0.25) is 0 Å². The number of nitrogens with zero attached hydrogens (tertiary/aromatic N) is 2. The normalized spacial score (nSPS) is 24.6. The standard InChI is InChI=1S/C58H42N2O2/c1-3-13-37(14-4-1)59(39-23-25-44-42-18-8-11-21-49(42)61-51(44)32-39)48-28-27-46-41-17-7-10-20-47(41)58(53-30-35-29-36-31-54(58)57(36,53)34-35)55(46)56(48)60(38-15-5-2-6-16-38)40-24-26-45-43-19-9-12-22-50(43)62-52(45)33-40/h1-28,32-33,35-36,53-54H,29-31,34H2. The van der Waals surface area contributed by atoms with Gasteiger partial charge in [-0.3, -0.25) is 0 Å². The molecule has 2 bridgehead atoms. The number of fused-ring (bicyclic) bond motifs is 14. The zero-order valence-electron chi connectivity index (χ0n) is 34.2. The van der Waals surface area contributed by atoms with Crippen molar-refractivity contribution < 1.29 is 8.83 Å². The van der Waals surface area contributed by atoms with Gasteiger partial charge in [0.25, 0.3) is 0 Å². The van der Waals surface area contributed by atoms with Crippen molar-refractivity contribution in [1.82, 2.24) is 0 Å². The molecule has 62 heavy (non-hydrogen) atoms. The number of rotatable bonds is 6. The van der Waals surface area contributed by atoms with E-state index in [4.69, 9.17) is 8.83 Å². The molecule has 15 rings (SSSR count). The molecule has 0 radical (unpaired) electrons. The molecular weight excluding hydrogens is 757 g/mol. The summed E-state index contributed by atoms with van der Waals surface area (Å²) in [6.45, 7) is 0. The summed E-state index contributed by atoms with van der Waals surface area (Å²) in [4.78, 5) is 5.08. The van der Waals surface area contributed by atoms with Crippen LogP contribution in [0, 0.1) is 29.1 Å². The molecule has 2 heterocycles. The van der Waals surface area contributed by atoms with Crippen LogP contribution in [0.4, 0.5) is 34.1 Å². The highest BCUT2D eigenvalue weighted by atomic mass is 16.3. The summed E-state index contributed by atoms with van der Waals surface area (Å²) < 4.78 is 13.3. The van der Waals surface area contributed by atoms with E-state index >= 15 is 0 Å². The van der Waals surface area contributed by atoms with Crippen molar-refractivity contribution in [3.8, 4) is 11.1 Å². The number of para-hydroxylation sites is 4. The van der Waals surface area contributed by atoms with Gasteiger partial charge in [0.1, 0.15) is 22.3 Å². The van der Waals surface area contributed by atoms with Gasteiger partial charge in [0.15, 0.2) is 0 Å². The van der Waals surface area contributed by atoms with Crippen LogP contribution in [-0.4, -0.2) is 0 Å². The average Bonchev–Trinajstić information content (AvgIpc) is 4.12. The SMILES string of the molecule is c1ccc(N(c2ccc3c(c2)oc2ccccc23)c2ccc3c(c2N(c2ccccc2)c2ccc4c(c2)oc2ccccc24)C2(c4ccccc4-3)C3CC4CC5CC2C53C4)cc1. The van der Waals surface area contributed by atoms with Crippen molar-refractivity contribution in [3.63, 3.8) is 0 Å². The van der Waals surface area contributed by atoms with Crippen molar-refractivity contribution in [2.75, 3.05) is 9.80 Å². The quantitative estimate of drug-likeness (QED) is 0.168. The molecule has 296 valence electrons. The second kappa shape index (κ2) is 11.9. The molecule has 4 heteroatoms. The molecule has 6 unspecified atom stereocenters. The van der Waals surface area contributed by atoms with Crippen LogP contribution in [0.25, 0.3) is 55.0 Å². The summed E-state index contributed by atoms with van der Waals surface area (Å²) >= 11 is 0. The third-order valence-corrected chi connectivity index (χ3v) is 16.5. The summed E-state index contributed by atoms with van der Waals surface area (Å²) in [5.74, 6) is 2.97. The summed E-state index contributed by atoms with van der Waals surface area (Å²) in [6.07, 6.45) is 5.50. The van der Waals surface area contributed by atoms with Crippen LogP contribution in [0.15, 0.2) is 191 Å². The Morgan fingerprint density at radius 3 is 1.68 bits per heavy atom. The Bertz CT molecular complexity index is 3490. The Morgan fingerprint density at radius 2 is 1.00 bits per heavy atom. The smallest absolute Gasteiger partial charge is 0.137 e. The number of benzene rings is 8. The molecule has 10 aromatic rings. The number of furan rings is 2. The molecule has 5 aliphatic carbocycles. The Morgan fingerprint density at radius 1 is 0.435 bits per heavy atom. The van der Waals surface area contributed by atoms with E-state index in [0.717, 1.165) is 84.1 Å². The second-order valence-electron chi connectivity index (χ2n) is 18.9. The lowest BCUT2D eigenvalue weighted by atomic mass is 9.26. The van der Waals surface area contributed by atoms with Gasteiger partial charge >= 0.3 is 0 Å². The first kappa shape index (κ1) is 33.7. The molecule has 6 atom stereocenters. The van der Waals surface area contributed by atoms with Gasteiger partial charge in [0, 0.05) is 61.8 Å². The predicted molar refractivity (Wildman–Crippen MR) is 251 cm³/mol. The van der Waals surface area contributed by atoms with Crippen molar-refractivity contribution >= 4 is 78.0 Å². The minimum Gasteiger partial charge on any atom is -0.456 e. The predicted octanol–water partition coefficient (Wildman–Crippen LogP) is 15.8. The van der Waals surface area contributed by atoms with Crippen LogP contribution in [-0.2, 0) is 5.41 Å². The maximum atomic E-state index is 6.68. The van der Waals surface area contributed by atoms with Crippen molar-refractivity contribution in [1.29, 1.82) is 0 Å². The Balaban J connectivity index is 1.07. The lowest BCUT2D eigenvalue weighted by Gasteiger charge is -2.76. The summed E-state index contributed by atoms with van der Waals surface area (Å²) in [7, 11) is 0. The monoisotopic (exact) mass is 798 g/mol. The van der Waals surface area contributed by atoms with E-state index in [9.17, 15) is 0 Å². The maximum absolute atomic E-state index is 6.68. The van der Waals surface area contributed by atoms with Crippen molar-refractivity contribution in [2.24, 2.45) is 29.1 Å². The summed E-state index contributed by atoms with van der Waals surface area (Å²) in [6, 6.07) is 66.9. The van der Waals surface area contributed by atoms with Crippen LogP contribution >= 0.6 is 0 Å². The van der Waals surface area contributed by atoms with Gasteiger partial charge in [-0.15, -0.1) is 0 Å². The fourth-order valence-electron chi connectivity index (χ4n) is 14.5. The molecule has 5 aliphatic rings. The van der Waals surface area contributed by atoms with E-state index in [-0.39, 0.29) is 5.41 Å². The van der Waals surface area contributed by atoms with E-state index in [1.165, 1.54) is 48.1 Å². The Labute approximate surface area is 359 Å². The van der Waals surface area contributed by atoms with Crippen molar-refractivity contribution in [2.45, 2.75) is 31.1 Å². The molecular formula is C58H42N2O2. The zero-order valence-corrected chi connectivity index (χ0v) is 34.2. The fourth-order valence-corrected chi connectivity index (χ4v) is 14.5. The zero-order chi connectivity index (χ0) is 40.3. The highest BCUT2D eigenvalue weighted by molar-refractivity contribution is 6.09. The Kier molecular flexibility index (Phi) is 6.44. The number of anilines is 6. The molecule has 0 saturated heterocycles. The van der Waals surface area contributed by atoms with Crippen LogP contribution in [0.2, 0.25) is 0 Å². The van der Waals surface area contributed by atoms with E-state index in [2.05, 4.69) is 192 Å². The lowest BCUT2D eigenvalue weighted by Crippen LogP contribution is -2.73. The van der Waals surface area contributed by atoms with Crippen LogP contribution in [0.1, 0.15) is 36.8 Å². The molecule has 4 fully saturated rings. The average molecular weight is 799 g/mol. The molecule has 4 nitrogen and oxygen atoms in total. The van der Waals surface area contributed by atoms with Crippen molar-refractivity contribution in [3.05, 3.63) is 193 Å². The summed E-state index contributed by atoms with van der Waals surface area (Å²) in [5, 5.41) is 4.54. The third-order valence-electron chi connectivity index (χ3n) is 16.5. The number of hydrogen-bond donors (Lipinski definition) is 0. The fraction of sp³-hybridized carbons (Fsp3) is 0.172. The van der Waals surface area contributed by atoms with Gasteiger partial charge in [-0.25, -0.2) is 0 Å². The van der Waals surface area contributed by atoms with E-state index in [1.54, 1.807) is 5.56 Å². The highest BCUT2D eigenvalue weighted by Crippen LogP contribution is 2.90. The topological polar surface area (TPSA) is 32.8 Å². The first-order chi connectivity index (χ1) is 30.7. The van der Waals surface area contributed by atoms with Gasteiger partial charge in [-0.05, 0) is 144 Å². The maximum Gasteiger partial charge on any atom is 0.137 e. The summed E-state index contributed by atoms with van der Waals surface area (Å²) in [5.41, 5.74) is 16.6. The molecule has 8 aromatic carbocycles. The van der Waals surface area contributed by atoms with Gasteiger partial charge < -0.3 is 18.6 Å². The molecule has 2 aromatic heterocycles. The second-order valence-corrected chi connectivity index (χ2v) is 18.9. The van der Waals surface area contributed by atoms with Crippen LogP contribution in [0.5, 0.6) is 0 Å². The highest BCUT2D eigenvalue weighted by Gasteiger charge is 2.85. The van der Waals surface area contributed by atoms with E-state index in [0.29, 0.717) is 17.3 Å².